The van der Waals surface area contributed by atoms with Crippen molar-refractivity contribution < 1.29 is 0 Å². The molecule has 1 heterocycles. The summed E-state index contributed by atoms with van der Waals surface area (Å²) in [6.07, 6.45) is 6.92. The lowest BCUT2D eigenvalue weighted by molar-refractivity contribution is 0.174. The van der Waals surface area contributed by atoms with Crippen molar-refractivity contribution in [2.45, 2.75) is 39.0 Å². The number of nitrogens with one attached hydrogen (secondary N) is 1. The molecule has 3 unspecified atom stereocenters. The van der Waals surface area contributed by atoms with E-state index in [1.807, 2.05) is 11.3 Å². The average Bonchev–Trinajstić information content (AvgIpc) is 2.77. The number of hydrogen-bond donors (Lipinski definition) is 1. The number of halogens is 1. The highest BCUT2D eigenvalue weighted by molar-refractivity contribution is 9.10. The summed E-state index contributed by atoms with van der Waals surface area (Å²) in [6, 6.07) is 2.30. The van der Waals surface area contributed by atoms with E-state index in [9.17, 15) is 0 Å². The van der Waals surface area contributed by atoms with E-state index in [-0.39, 0.29) is 0 Å². The molecule has 102 valence electrons. The van der Waals surface area contributed by atoms with Crippen LogP contribution < -0.4 is 5.32 Å². The van der Waals surface area contributed by atoms with Gasteiger partial charge < -0.3 is 5.32 Å². The predicted octanol–water partition coefficient (Wildman–Crippen LogP) is 4.72. The van der Waals surface area contributed by atoms with Gasteiger partial charge in [-0.1, -0.05) is 19.8 Å². The van der Waals surface area contributed by atoms with Crippen LogP contribution >= 0.6 is 27.3 Å². The minimum Gasteiger partial charge on any atom is -0.319 e. The van der Waals surface area contributed by atoms with Gasteiger partial charge in [-0.2, -0.15) is 0 Å². The van der Waals surface area contributed by atoms with Gasteiger partial charge in [-0.05, 0) is 72.6 Å². The first-order valence-corrected chi connectivity index (χ1v) is 8.77. The van der Waals surface area contributed by atoms with E-state index >= 15 is 0 Å². The van der Waals surface area contributed by atoms with Crippen molar-refractivity contribution in [3.63, 3.8) is 0 Å². The Morgan fingerprint density at radius 1 is 1.39 bits per heavy atom. The maximum atomic E-state index is 3.57. The Balaban J connectivity index is 2.00. The molecule has 1 aromatic rings. The zero-order valence-electron chi connectivity index (χ0n) is 11.4. The molecule has 3 atom stereocenters. The van der Waals surface area contributed by atoms with Crippen LogP contribution in [0.2, 0.25) is 0 Å². The second kappa shape index (κ2) is 7.06. The van der Waals surface area contributed by atoms with Crippen LogP contribution in [0.25, 0.3) is 0 Å². The summed E-state index contributed by atoms with van der Waals surface area (Å²) in [5, 5.41) is 5.60. The molecule has 0 spiro atoms. The van der Waals surface area contributed by atoms with E-state index in [2.05, 4.69) is 46.7 Å². The fraction of sp³-hybridized carbons (Fsp3) is 0.733. The van der Waals surface area contributed by atoms with Crippen molar-refractivity contribution in [1.29, 1.82) is 0 Å². The Morgan fingerprint density at radius 2 is 2.22 bits per heavy atom. The first-order chi connectivity index (χ1) is 8.72. The molecular weight excluding hydrogens is 306 g/mol. The summed E-state index contributed by atoms with van der Waals surface area (Å²) in [7, 11) is 2.09. The molecule has 0 saturated heterocycles. The molecular formula is C15H24BrNS. The molecule has 0 radical (unpaired) electrons. The lowest BCUT2D eigenvalue weighted by Crippen LogP contribution is -2.32. The third-order valence-electron chi connectivity index (χ3n) is 4.38. The lowest BCUT2D eigenvalue weighted by Gasteiger charge is -2.36. The Bertz CT molecular complexity index is 363. The molecule has 1 aliphatic carbocycles. The van der Waals surface area contributed by atoms with Crippen LogP contribution in [-0.2, 0) is 6.42 Å². The first-order valence-electron chi connectivity index (χ1n) is 7.10. The minimum absolute atomic E-state index is 0.874. The van der Waals surface area contributed by atoms with Gasteiger partial charge in [0.2, 0.25) is 0 Å². The Morgan fingerprint density at radius 3 is 2.83 bits per heavy atom. The molecule has 1 N–H and O–H groups in total. The SMILES string of the molecule is CCC1CCC(CNC)C(Cc2cc(Br)cs2)C1. The van der Waals surface area contributed by atoms with Crippen molar-refractivity contribution in [3.8, 4) is 0 Å². The third-order valence-corrected chi connectivity index (χ3v) is 6.10. The zero-order chi connectivity index (χ0) is 13.0. The second-order valence-electron chi connectivity index (χ2n) is 5.60. The van der Waals surface area contributed by atoms with Crippen molar-refractivity contribution in [2.75, 3.05) is 13.6 Å². The molecule has 1 aliphatic rings. The van der Waals surface area contributed by atoms with E-state index in [0.29, 0.717) is 0 Å². The molecule has 1 saturated carbocycles. The highest BCUT2D eigenvalue weighted by atomic mass is 79.9. The van der Waals surface area contributed by atoms with Crippen LogP contribution in [0.15, 0.2) is 15.9 Å². The highest BCUT2D eigenvalue weighted by Crippen LogP contribution is 2.38. The zero-order valence-corrected chi connectivity index (χ0v) is 13.8. The standard InChI is InChI=1S/C15H24BrNS/c1-3-11-4-5-12(9-17-2)13(6-11)7-15-8-14(16)10-18-15/h8,10-13,17H,3-7,9H2,1-2H3. The molecule has 18 heavy (non-hydrogen) atoms. The summed E-state index contributed by atoms with van der Waals surface area (Å²) >= 11 is 5.47. The molecule has 0 aliphatic heterocycles. The number of thiophene rings is 1. The van der Waals surface area contributed by atoms with Crippen LogP contribution in [0.3, 0.4) is 0 Å². The number of hydrogen-bond acceptors (Lipinski definition) is 2. The third kappa shape index (κ3) is 3.82. The first kappa shape index (κ1) is 14.5. The fourth-order valence-corrected chi connectivity index (χ4v) is 4.84. The molecule has 1 aromatic heterocycles. The van der Waals surface area contributed by atoms with Gasteiger partial charge in [0, 0.05) is 14.7 Å². The largest absolute Gasteiger partial charge is 0.319 e. The van der Waals surface area contributed by atoms with Gasteiger partial charge in [0.25, 0.3) is 0 Å². The number of rotatable bonds is 5. The van der Waals surface area contributed by atoms with E-state index in [0.717, 1.165) is 17.8 Å². The van der Waals surface area contributed by atoms with Crippen molar-refractivity contribution in [3.05, 3.63) is 20.8 Å². The van der Waals surface area contributed by atoms with Gasteiger partial charge in [0.1, 0.15) is 0 Å². The van der Waals surface area contributed by atoms with Gasteiger partial charge >= 0.3 is 0 Å². The maximum Gasteiger partial charge on any atom is 0.0285 e. The summed E-state index contributed by atoms with van der Waals surface area (Å²) in [5.74, 6) is 2.71. The van der Waals surface area contributed by atoms with Gasteiger partial charge in [-0.15, -0.1) is 11.3 Å². The van der Waals surface area contributed by atoms with Crippen LogP contribution in [0, 0.1) is 17.8 Å². The Kier molecular flexibility index (Phi) is 5.71. The predicted molar refractivity (Wildman–Crippen MR) is 84.3 cm³/mol. The normalized spacial score (nSPS) is 28.5. The van der Waals surface area contributed by atoms with E-state index < -0.39 is 0 Å². The molecule has 0 amide bonds. The monoisotopic (exact) mass is 329 g/mol. The maximum absolute atomic E-state index is 3.57. The molecule has 0 aromatic carbocycles. The molecule has 0 bridgehead atoms. The summed E-state index contributed by atoms with van der Waals surface area (Å²) in [5.41, 5.74) is 0. The van der Waals surface area contributed by atoms with E-state index in [1.165, 1.54) is 43.1 Å². The average molecular weight is 330 g/mol. The van der Waals surface area contributed by atoms with E-state index in [1.54, 1.807) is 4.88 Å². The van der Waals surface area contributed by atoms with Gasteiger partial charge in [-0.3, -0.25) is 0 Å². The topological polar surface area (TPSA) is 12.0 Å². The van der Waals surface area contributed by atoms with Gasteiger partial charge in [0.05, 0.1) is 0 Å². The summed E-state index contributed by atoms with van der Waals surface area (Å²) < 4.78 is 1.25. The molecule has 1 fully saturated rings. The quantitative estimate of drug-likeness (QED) is 0.824. The van der Waals surface area contributed by atoms with Crippen LogP contribution in [0.1, 0.15) is 37.5 Å². The smallest absolute Gasteiger partial charge is 0.0285 e. The fourth-order valence-electron chi connectivity index (χ4n) is 3.29. The van der Waals surface area contributed by atoms with E-state index in [4.69, 9.17) is 0 Å². The van der Waals surface area contributed by atoms with Gasteiger partial charge in [-0.25, -0.2) is 0 Å². The molecule has 3 heteroatoms. The van der Waals surface area contributed by atoms with Gasteiger partial charge in [0.15, 0.2) is 0 Å². The summed E-state index contributed by atoms with van der Waals surface area (Å²) in [6.45, 7) is 3.54. The minimum atomic E-state index is 0.874. The van der Waals surface area contributed by atoms with Crippen LogP contribution in [0.4, 0.5) is 0 Å². The Labute approximate surface area is 123 Å². The van der Waals surface area contributed by atoms with Crippen molar-refractivity contribution in [1.82, 2.24) is 5.32 Å². The highest BCUT2D eigenvalue weighted by Gasteiger charge is 2.29. The molecule has 1 nitrogen and oxygen atoms in total. The summed E-state index contributed by atoms with van der Waals surface area (Å²) in [4.78, 5) is 1.55. The Hall–Kier alpha value is 0.140. The van der Waals surface area contributed by atoms with Crippen LogP contribution in [-0.4, -0.2) is 13.6 Å². The van der Waals surface area contributed by atoms with Crippen LogP contribution in [0.5, 0.6) is 0 Å². The lowest BCUT2D eigenvalue weighted by atomic mass is 9.71. The molecule has 2 rings (SSSR count). The van der Waals surface area contributed by atoms with Crippen molar-refractivity contribution in [2.24, 2.45) is 17.8 Å². The second-order valence-corrected chi connectivity index (χ2v) is 7.51. The van der Waals surface area contributed by atoms with Crippen molar-refractivity contribution >= 4 is 27.3 Å².